The average Bonchev–Trinajstić information content (AvgIpc) is 2.50. The standard InChI is InChI=1S/C16H23N3O4/c1-5-10(16(21)22-6-2)19-14-11(7-8-12(17)18-14)23-13(9(3)4)15(19)20/h7-10,13H,5-6H2,1-4H3,(H2,17,18). The second-order valence-corrected chi connectivity index (χ2v) is 5.72. The monoisotopic (exact) mass is 321 g/mol. The highest BCUT2D eigenvalue weighted by Gasteiger charge is 2.43. The molecule has 1 aliphatic rings. The Hall–Kier alpha value is -2.31. The van der Waals surface area contributed by atoms with E-state index in [1.54, 1.807) is 19.1 Å². The number of amides is 1. The fourth-order valence-electron chi connectivity index (χ4n) is 2.56. The van der Waals surface area contributed by atoms with Crippen LogP contribution in [0.4, 0.5) is 11.6 Å². The van der Waals surface area contributed by atoms with Crippen LogP contribution < -0.4 is 15.4 Å². The molecule has 0 fully saturated rings. The van der Waals surface area contributed by atoms with E-state index in [1.165, 1.54) is 4.90 Å². The third-order valence-electron chi connectivity index (χ3n) is 3.69. The lowest BCUT2D eigenvalue weighted by molar-refractivity contribution is -0.147. The van der Waals surface area contributed by atoms with Crippen LogP contribution in [0.3, 0.4) is 0 Å². The minimum absolute atomic E-state index is 0.0459. The van der Waals surface area contributed by atoms with E-state index in [4.69, 9.17) is 15.2 Å². The number of carbonyl (C=O) groups excluding carboxylic acids is 2. The maximum absolute atomic E-state index is 12.9. The molecule has 2 rings (SSSR count). The molecule has 1 aliphatic heterocycles. The van der Waals surface area contributed by atoms with Crippen molar-refractivity contribution in [1.82, 2.24) is 4.98 Å². The van der Waals surface area contributed by atoms with Gasteiger partial charge in [-0.3, -0.25) is 9.69 Å². The van der Waals surface area contributed by atoms with Crippen molar-refractivity contribution < 1.29 is 19.1 Å². The lowest BCUT2D eigenvalue weighted by Gasteiger charge is -2.38. The molecule has 0 saturated heterocycles. The summed E-state index contributed by atoms with van der Waals surface area (Å²) in [5.74, 6) is 0.169. The topological polar surface area (TPSA) is 94.8 Å². The number of rotatable bonds is 5. The summed E-state index contributed by atoms with van der Waals surface area (Å²) in [6.07, 6.45) is -0.262. The molecule has 0 saturated carbocycles. The van der Waals surface area contributed by atoms with Crippen LogP contribution in [-0.2, 0) is 14.3 Å². The van der Waals surface area contributed by atoms with Crippen molar-refractivity contribution in [2.45, 2.75) is 46.3 Å². The summed E-state index contributed by atoms with van der Waals surface area (Å²) in [5, 5.41) is 0. The van der Waals surface area contributed by atoms with Gasteiger partial charge in [-0.05, 0) is 31.4 Å². The third kappa shape index (κ3) is 3.23. The Morgan fingerprint density at radius 1 is 1.43 bits per heavy atom. The summed E-state index contributed by atoms with van der Waals surface area (Å²) in [6.45, 7) is 7.58. The van der Waals surface area contributed by atoms with Gasteiger partial charge in [0.15, 0.2) is 17.7 Å². The molecular weight excluding hydrogens is 298 g/mol. The fourth-order valence-corrected chi connectivity index (χ4v) is 2.56. The van der Waals surface area contributed by atoms with Crippen LogP contribution in [0.1, 0.15) is 34.1 Å². The molecule has 2 atom stereocenters. The van der Waals surface area contributed by atoms with Gasteiger partial charge in [-0.15, -0.1) is 0 Å². The van der Waals surface area contributed by atoms with E-state index < -0.39 is 18.1 Å². The van der Waals surface area contributed by atoms with Gasteiger partial charge >= 0.3 is 5.97 Å². The molecule has 1 aromatic heterocycles. The molecule has 126 valence electrons. The summed E-state index contributed by atoms with van der Waals surface area (Å²) in [6, 6.07) is 2.53. The van der Waals surface area contributed by atoms with E-state index >= 15 is 0 Å². The van der Waals surface area contributed by atoms with Gasteiger partial charge in [0.05, 0.1) is 6.61 Å². The number of aromatic nitrogens is 1. The van der Waals surface area contributed by atoms with Crippen LogP contribution in [0.5, 0.6) is 5.75 Å². The number of esters is 1. The highest BCUT2D eigenvalue weighted by atomic mass is 16.5. The quantitative estimate of drug-likeness (QED) is 0.830. The van der Waals surface area contributed by atoms with E-state index in [1.807, 2.05) is 20.8 Å². The zero-order valence-corrected chi connectivity index (χ0v) is 13.9. The van der Waals surface area contributed by atoms with Crippen LogP contribution in [0.2, 0.25) is 0 Å². The molecule has 1 amide bonds. The van der Waals surface area contributed by atoms with Gasteiger partial charge in [-0.2, -0.15) is 0 Å². The zero-order chi connectivity index (χ0) is 17.1. The minimum atomic E-state index is -0.749. The summed E-state index contributed by atoms with van der Waals surface area (Å²) < 4.78 is 10.9. The van der Waals surface area contributed by atoms with Gasteiger partial charge in [-0.25, -0.2) is 9.78 Å². The molecule has 0 bridgehead atoms. The minimum Gasteiger partial charge on any atom is -0.476 e. The first-order chi connectivity index (χ1) is 10.9. The molecule has 1 aromatic rings. The number of fused-ring (bicyclic) bond motifs is 1. The van der Waals surface area contributed by atoms with Crippen molar-refractivity contribution in [2.75, 3.05) is 17.2 Å². The molecule has 2 unspecified atom stereocenters. The zero-order valence-electron chi connectivity index (χ0n) is 13.9. The molecule has 2 heterocycles. The second kappa shape index (κ2) is 6.85. The van der Waals surface area contributed by atoms with Gasteiger partial charge in [-0.1, -0.05) is 20.8 Å². The van der Waals surface area contributed by atoms with Gasteiger partial charge in [0.2, 0.25) is 0 Å². The first-order valence-corrected chi connectivity index (χ1v) is 7.83. The van der Waals surface area contributed by atoms with E-state index in [0.29, 0.717) is 12.2 Å². The molecule has 2 N–H and O–H groups in total. The fraction of sp³-hybridized carbons (Fsp3) is 0.562. The smallest absolute Gasteiger partial charge is 0.329 e. The predicted octanol–water partition coefficient (Wildman–Crippen LogP) is 1.76. The second-order valence-electron chi connectivity index (χ2n) is 5.72. The van der Waals surface area contributed by atoms with Gasteiger partial charge in [0.1, 0.15) is 11.9 Å². The normalized spacial score (nSPS) is 18.4. The van der Waals surface area contributed by atoms with Gasteiger partial charge in [0, 0.05) is 0 Å². The van der Waals surface area contributed by atoms with Crippen molar-refractivity contribution in [1.29, 1.82) is 0 Å². The first-order valence-electron chi connectivity index (χ1n) is 7.83. The molecule has 0 aliphatic carbocycles. The number of hydrogen-bond acceptors (Lipinski definition) is 6. The molecule has 0 spiro atoms. The van der Waals surface area contributed by atoms with Crippen LogP contribution in [-0.4, -0.2) is 35.6 Å². The molecular formula is C16H23N3O4. The highest BCUT2D eigenvalue weighted by Crippen LogP contribution is 2.36. The van der Waals surface area contributed by atoms with Crippen LogP contribution in [0.15, 0.2) is 12.1 Å². The Morgan fingerprint density at radius 3 is 2.70 bits per heavy atom. The van der Waals surface area contributed by atoms with Crippen molar-refractivity contribution in [3.05, 3.63) is 12.1 Å². The molecule has 7 heteroatoms. The summed E-state index contributed by atoms with van der Waals surface area (Å²) in [4.78, 5) is 30.7. The molecule has 23 heavy (non-hydrogen) atoms. The highest BCUT2D eigenvalue weighted by molar-refractivity contribution is 6.04. The van der Waals surface area contributed by atoms with Crippen molar-refractivity contribution >= 4 is 23.5 Å². The van der Waals surface area contributed by atoms with Gasteiger partial charge in [0.25, 0.3) is 5.91 Å². The number of pyridine rings is 1. The Morgan fingerprint density at radius 2 is 2.13 bits per heavy atom. The predicted molar refractivity (Wildman–Crippen MR) is 86.1 cm³/mol. The molecule has 0 radical (unpaired) electrons. The number of carbonyl (C=O) groups is 2. The largest absolute Gasteiger partial charge is 0.476 e. The molecule has 0 aromatic carbocycles. The van der Waals surface area contributed by atoms with E-state index in [2.05, 4.69) is 4.98 Å². The van der Waals surface area contributed by atoms with Crippen LogP contribution in [0, 0.1) is 5.92 Å². The Kier molecular flexibility index (Phi) is 5.08. The Bertz CT molecular complexity index is 603. The van der Waals surface area contributed by atoms with Crippen molar-refractivity contribution in [2.24, 2.45) is 5.92 Å². The lowest BCUT2D eigenvalue weighted by Crippen LogP contribution is -2.55. The third-order valence-corrected chi connectivity index (χ3v) is 3.69. The number of nitrogens with two attached hydrogens (primary N) is 1. The number of ether oxygens (including phenoxy) is 2. The van der Waals surface area contributed by atoms with Crippen LogP contribution >= 0.6 is 0 Å². The van der Waals surface area contributed by atoms with E-state index in [-0.39, 0.29) is 30.1 Å². The summed E-state index contributed by atoms with van der Waals surface area (Å²) in [5.41, 5.74) is 5.74. The van der Waals surface area contributed by atoms with Crippen molar-refractivity contribution in [3.63, 3.8) is 0 Å². The average molecular weight is 321 g/mol. The van der Waals surface area contributed by atoms with Crippen LogP contribution in [0.25, 0.3) is 0 Å². The SMILES string of the molecule is CCOC(=O)C(CC)N1C(=O)C(C(C)C)Oc2ccc(N)nc21. The van der Waals surface area contributed by atoms with Gasteiger partial charge < -0.3 is 15.2 Å². The lowest BCUT2D eigenvalue weighted by atomic mass is 10.0. The van der Waals surface area contributed by atoms with Crippen molar-refractivity contribution in [3.8, 4) is 5.75 Å². The Labute approximate surface area is 135 Å². The maximum Gasteiger partial charge on any atom is 0.329 e. The molecule has 7 nitrogen and oxygen atoms in total. The number of anilines is 2. The first kappa shape index (κ1) is 17.1. The van der Waals surface area contributed by atoms with E-state index in [0.717, 1.165) is 0 Å². The number of nitrogen functional groups attached to an aromatic ring is 1. The number of nitrogens with zero attached hydrogens (tertiary/aromatic N) is 2. The summed E-state index contributed by atoms with van der Waals surface area (Å²) >= 11 is 0. The Balaban J connectivity index is 2.51. The maximum atomic E-state index is 12.9. The number of hydrogen-bond donors (Lipinski definition) is 1. The summed E-state index contributed by atoms with van der Waals surface area (Å²) in [7, 11) is 0. The van der Waals surface area contributed by atoms with E-state index in [9.17, 15) is 9.59 Å².